The van der Waals surface area contributed by atoms with E-state index in [4.69, 9.17) is 4.74 Å². The van der Waals surface area contributed by atoms with Crippen LogP contribution in [0.5, 0.6) is 5.75 Å². The average molecular weight is 384 g/mol. The van der Waals surface area contributed by atoms with Crippen LogP contribution in [-0.4, -0.2) is 13.0 Å². The third kappa shape index (κ3) is 3.60. The quantitative estimate of drug-likeness (QED) is 0.680. The number of halogens is 1. The number of ether oxygens (including phenoxy) is 1. The van der Waals surface area contributed by atoms with E-state index in [0.29, 0.717) is 0 Å². The summed E-state index contributed by atoms with van der Waals surface area (Å²) in [5.41, 5.74) is 2.86. The van der Waals surface area contributed by atoms with Crippen molar-refractivity contribution in [1.29, 1.82) is 0 Å². The minimum atomic E-state index is -0.0624. The summed E-state index contributed by atoms with van der Waals surface area (Å²) in [5, 5.41) is 5.04. The number of carbonyl (C=O) groups is 1. The smallest absolute Gasteiger partial charge is 0.228 e. The molecule has 0 spiro atoms. The molecule has 0 aromatic heterocycles. The van der Waals surface area contributed by atoms with E-state index in [2.05, 4.69) is 21.2 Å². The minimum Gasteiger partial charge on any atom is -0.496 e. The van der Waals surface area contributed by atoms with Gasteiger partial charge in [-0.3, -0.25) is 4.79 Å². The zero-order valence-electron chi connectivity index (χ0n) is 13.6. The lowest BCUT2D eigenvalue weighted by molar-refractivity contribution is -0.115. The maximum atomic E-state index is 12.5. The van der Waals surface area contributed by atoms with Crippen molar-refractivity contribution in [2.24, 2.45) is 0 Å². The highest BCUT2D eigenvalue weighted by Crippen LogP contribution is 2.30. The number of hydrogen-bond donors (Lipinski definition) is 1. The summed E-state index contributed by atoms with van der Waals surface area (Å²) in [6.45, 7) is 2.02. The summed E-state index contributed by atoms with van der Waals surface area (Å²) in [5.74, 6) is 0.663. The fraction of sp³-hybridized carbons (Fsp3) is 0.150. The van der Waals surface area contributed by atoms with Crippen LogP contribution in [0.2, 0.25) is 0 Å². The lowest BCUT2D eigenvalue weighted by atomic mass is 10.0. The molecule has 0 fully saturated rings. The second-order valence-electron chi connectivity index (χ2n) is 5.70. The summed E-state index contributed by atoms with van der Waals surface area (Å²) in [7, 11) is 1.63. The SMILES string of the molecule is COc1ccc2cc(Br)ccc2c1CC(=O)Nc1ccc(C)cc1. The maximum Gasteiger partial charge on any atom is 0.228 e. The predicted octanol–water partition coefficient (Wildman–Crippen LogP) is 5.10. The van der Waals surface area contributed by atoms with Gasteiger partial charge in [-0.05, 0) is 48.0 Å². The van der Waals surface area contributed by atoms with E-state index in [9.17, 15) is 4.79 Å². The van der Waals surface area contributed by atoms with Crippen LogP contribution in [0.3, 0.4) is 0 Å². The number of hydrogen-bond acceptors (Lipinski definition) is 2. The second-order valence-corrected chi connectivity index (χ2v) is 6.62. The molecular weight excluding hydrogens is 366 g/mol. The van der Waals surface area contributed by atoms with Gasteiger partial charge in [0.15, 0.2) is 0 Å². The minimum absolute atomic E-state index is 0.0624. The lowest BCUT2D eigenvalue weighted by Gasteiger charge is -2.13. The zero-order valence-corrected chi connectivity index (χ0v) is 15.2. The molecule has 1 N–H and O–H groups in total. The molecule has 4 heteroatoms. The van der Waals surface area contributed by atoms with Crippen molar-refractivity contribution in [2.75, 3.05) is 12.4 Å². The topological polar surface area (TPSA) is 38.3 Å². The molecule has 1 amide bonds. The predicted molar refractivity (Wildman–Crippen MR) is 102 cm³/mol. The first-order valence-electron chi connectivity index (χ1n) is 7.68. The lowest BCUT2D eigenvalue weighted by Crippen LogP contribution is -2.15. The fourth-order valence-corrected chi connectivity index (χ4v) is 3.10. The van der Waals surface area contributed by atoms with Gasteiger partial charge < -0.3 is 10.1 Å². The van der Waals surface area contributed by atoms with E-state index >= 15 is 0 Å². The van der Waals surface area contributed by atoms with E-state index in [0.717, 1.165) is 37.8 Å². The monoisotopic (exact) mass is 383 g/mol. The van der Waals surface area contributed by atoms with Crippen molar-refractivity contribution in [1.82, 2.24) is 0 Å². The first-order chi connectivity index (χ1) is 11.6. The van der Waals surface area contributed by atoms with Gasteiger partial charge in [0.1, 0.15) is 5.75 Å². The van der Waals surface area contributed by atoms with Gasteiger partial charge >= 0.3 is 0 Å². The van der Waals surface area contributed by atoms with Crippen LogP contribution in [-0.2, 0) is 11.2 Å². The van der Waals surface area contributed by atoms with Gasteiger partial charge in [0.2, 0.25) is 5.91 Å². The van der Waals surface area contributed by atoms with Crippen LogP contribution in [0.1, 0.15) is 11.1 Å². The third-order valence-corrected chi connectivity index (χ3v) is 4.44. The van der Waals surface area contributed by atoms with E-state index in [1.165, 1.54) is 0 Å². The molecule has 3 aromatic carbocycles. The molecule has 0 unspecified atom stereocenters. The second kappa shape index (κ2) is 7.05. The Balaban J connectivity index is 1.90. The number of nitrogens with one attached hydrogen (secondary N) is 1. The molecule has 0 heterocycles. The first-order valence-corrected chi connectivity index (χ1v) is 8.48. The summed E-state index contributed by atoms with van der Waals surface area (Å²) < 4.78 is 6.47. The van der Waals surface area contributed by atoms with Gasteiger partial charge in [0.25, 0.3) is 0 Å². The Morgan fingerprint density at radius 3 is 2.54 bits per heavy atom. The molecule has 24 heavy (non-hydrogen) atoms. The zero-order chi connectivity index (χ0) is 17.1. The van der Waals surface area contributed by atoms with Crippen LogP contribution in [0, 0.1) is 6.92 Å². The van der Waals surface area contributed by atoms with Crippen molar-refractivity contribution in [2.45, 2.75) is 13.3 Å². The Hall–Kier alpha value is -2.33. The molecule has 3 nitrogen and oxygen atoms in total. The Labute approximate surface area is 149 Å². The summed E-state index contributed by atoms with van der Waals surface area (Å²) in [6.07, 6.45) is 0.260. The Morgan fingerprint density at radius 2 is 1.83 bits per heavy atom. The molecule has 3 rings (SSSR count). The largest absolute Gasteiger partial charge is 0.496 e. The van der Waals surface area contributed by atoms with Gasteiger partial charge in [-0.1, -0.05) is 45.8 Å². The van der Waals surface area contributed by atoms with Gasteiger partial charge in [0.05, 0.1) is 13.5 Å². The van der Waals surface area contributed by atoms with Crippen molar-refractivity contribution < 1.29 is 9.53 Å². The normalized spacial score (nSPS) is 10.6. The highest BCUT2D eigenvalue weighted by atomic mass is 79.9. The van der Waals surface area contributed by atoms with E-state index in [-0.39, 0.29) is 12.3 Å². The van der Waals surface area contributed by atoms with E-state index in [1.807, 2.05) is 61.5 Å². The molecular formula is C20H18BrNO2. The number of anilines is 1. The van der Waals surface area contributed by atoms with Crippen LogP contribution in [0.25, 0.3) is 10.8 Å². The van der Waals surface area contributed by atoms with Crippen LogP contribution < -0.4 is 10.1 Å². The molecule has 0 aliphatic heterocycles. The summed E-state index contributed by atoms with van der Waals surface area (Å²) in [4.78, 5) is 12.5. The molecule has 3 aromatic rings. The maximum absolute atomic E-state index is 12.5. The molecule has 0 radical (unpaired) electrons. The van der Waals surface area contributed by atoms with Gasteiger partial charge in [-0.2, -0.15) is 0 Å². The molecule has 122 valence electrons. The van der Waals surface area contributed by atoms with E-state index in [1.54, 1.807) is 7.11 Å². The van der Waals surface area contributed by atoms with Crippen LogP contribution in [0.4, 0.5) is 5.69 Å². The third-order valence-electron chi connectivity index (χ3n) is 3.94. The number of methoxy groups -OCH3 is 1. The van der Waals surface area contributed by atoms with Crippen molar-refractivity contribution in [3.63, 3.8) is 0 Å². The highest BCUT2D eigenvalue weighted by Gasteiger charge is 2.13. The molecule has 0 atom stereocenters. The number of aryl methyl sites for hydroxylation is 1. The highest BCUT2D eigenvalue weighted by molar-refractivity contribution is 9.10. The summed E-state index contributed by atoms with van der Waals surface area (Å²) in [6, 6.07) is 17.7. The molecule has 0 bridgehead atoms. The van der Waals surface area contributed by atoms with Gasteiger partial charge in [0, 0.05) is 15.7 Å². The van der Waals surface area contributed by atoms with Crippen molar-refractivity contribution >= 4 is 38.3 Å². The number of carbonyl (C=O) groups excluding carboxylic acids is 1. The molecule has 0 saturated carbocycles. The number of fused-ring (bicyclic) bond motifs is 1. The summed E-state index contributed by atoms with van der Waals surface area (Å²) >= 11 is 3.48. The average Bonchev–Trinajstić information content (AvgIpc) is 2.57. The van der Waals surface area contributed by atoms with Crippen molar-refractivity contribution in [3.8, 4) is 5.75 Å². The van der Waals surface area contributed by atoms with Crippen LogP contribution in [0.15, 0.2) is 59.1 Å². The van der Waals surface area contributed by atoms with Gasteiger partial charge in [-0.25, -0.2) is 0 Å². The number of benzene rings is 3. The first kappa shape index (κ1) is 16.5. The Bertz CT molecular complexity index is 888. The van der Waals surface area contributed by atoms with Crippen molar-refractivity contribution in [3.05, 3.63) is 70.2 Å². The standard InChI is InChI=1S/C20H18BrNO2/c1-13-3-7-16(8-4-13)22-20(23)12-18-17-9-6-15(21)11-14(17)5-10-19(18)24-2/h3-11H,12H2,1-2H3,(H,22,23). The number of rotatable bonds is 4. The number of amides is 1. The Morgan fingerprint density at radius 1 is 1.08 bits per heavy atom. The van der Waals surface area contributed by atoms with E-state index < -0.39 is 0 Å². The molecule has 0 saturated heterocycles. The Kier molecular flexibility index (Phi) is 4.86. The fourth-order valence-electron chi connectivity index (χ4n) is 2.72. The van der Waals surface area contributed by atoms with Gasteiger partial charge in [-0.15, -0.1) is 0 Å². The van der Waals surface area contributed by atoms with Crippen LogP contribution >= 0.6 is 15.9 Å². The molecule has 0 aliphatic carbocycles. The molecule has 0 aliphatic rings.